The first-order chi connectivity index (χ1) is 17.5. The molecule has 0 aromatic carbocycles. The number of nitrogens with one attached hydrogen (secondary N) is 2. The number of carbonyl (C=O) groups excluding carboxylic acids is 3. The lowest BCUT2D eigenvalue weighted by Crippen LogP contribution is -2.53. The van der Waals surface area contributed by atoms with Gasteiger partial charge in [-0.05, 0) is 58.0 Å². The molecule has 2 atom stereocenters. The van der Waals surface area contributed by atoms with Gasteiger partial charge >= 0.3 is 0 Å². The molecule has 8 N–H and O–H groups in total. The third kappa shape index (κ3) is 20.5. The van der Waals surface area contributed by atoms with E-state index in [1.54, 1.807) is 0 Å². The lowest BCUT2D eigenvalue weighted by atomic mass is 10.0. The summed E-state index contributed by atoms with van der Waals surface area (Å²) >= 11 is 0. The van der Waals surface area contributed by atoms with E-state index < -0.39 is 18.0 Å². The standard InChI is InChI=1S/C28H57N5O3/c1-2-3-4-5-6-7-8-9-10-11-12-13-14-21-26(34)32-25(20-16-18-23-30)28(36)33-24(27(31)35)19-15-17-22-29/h24-25H,2-23,29-30H2,1H3,(H2,31,35)(H,32,34)(H,33,36). The molecule has 8 heteroatoms. The van der Waals surface area contributed by atoms with Crippen molar-refractivity contribution in [2.75, 3.05) is 13.1 Å². The summed E-state index contributed by atoms with van der Waals surface area (Å²) in [5, 5.41) is 5.59. The van der Waals surface area contributed by atoms with Gasteiger partial charge in [0.25, 0.3) is 0 Å². The number of rotatable bonds is 26. The van der Waals surface area contributed by atoms with E-state index in [2.05, 4.69) is 17.6 Å². The Hall–Kier alpha value is -1.67. The Morgan fingerprint density at radius 3 is 1.47 bits per heavy atom. The molecule has 3 amide bonds. The maximum absolute atomic E-state index is 12.8. The molecule has 8 nitrogen and oxygen atoms in total. The molecule has 0 bridgehead atoms. The lowest BCUT2D eigenvalue weighted by molar-refractivity contribution is -0.131. The monoisotopic (exact) mass is 511 g/mol. The van der Waals surface area contributed by atoms with Crippen molar-refractivity contribution >= 4 is 17.7 Å². The molecule has 0 aromatic heterocycles. The minimum atomic E-state index is -0.751. The van der Waals surface area contributed by atoms with E-state index in [0.29, 0.717) is 38.8 Å². The predicted molar refractivity (Wildman–Crippen MR) is 149 cm³/mol. The summed E-state index contributed by atoms with van der Waals surface area (Å²) in [4.78, 5) is 37.1. The van der Waals surface area contributed by atoms with Crippen LogP contribution in [0.5, 0.6) is 0 Å². The molecule has 212 valence electrons. The van der Waals surface area contributed by atoms with Crippen LogP contribution >= 0.6 is 0 Å². The van der Waals surface area contributed by atoms with Gasteiger partial charge in [0.15, 0.2) is 0 Å². The van der Waals surface area contributed by atoms with E-state index in [4.69, 9.17) is 17.2 Å². The lowest BCUT2D eigenvalue weighted by Gasteiger charge is -2.22. The van der Waals surface area contributed by atoms with Gasteiger partial charge in [-0.25, -0.2) is 0 Å². The van der Waals surface area contributed by atoms with Gasteiger partial charge < -0.3 is 27.8 Å². The molecule has 36 heavy (non-hydrogen) atoms. The van der Waals surface area contributed by atoms with Crippen molar-refractivity contribution in [1.82, 2.24) is 10.6 Å². The van der Waals surface area contributed by atoms with E-state index >= 15 is 0 Å². The van der Waals surface area contributed by atoms with Gasteiger partial charge in [0.2, 0.25) is 17.7 Å². The van der Waals surface area contributed by atoms with Gasteiger partial charge in [-0.1, -0.05) is 84.0 Å². The quantitative estimate of drug-likeness (QED) is 0.110. The SMILES string of the molecule is CCCCCCCCCCCCCCCC(=O)NC(CCCCN)C(=O)NC(CCCCN)C(N)=O. The summed E-state index contributed by atoms with van der Waals surface area (Å²) in [6.45, 7) is 3.31. The number of carbonyl (C=O) groups is 3. The van der Waals surface area contributed by atoms with Crippen LogP contribution in [0.3, 0.4) is 0 Å². The Labute approximate surface area is 220 Å². The Morgan fingerprint density at radius 2 is 1.03 bits per heavy atom. The maximum Gasteiger partial charge on any atom is 0.243 e. The molecule has 0 aromatic rings. The highest BCUT2D eigenvalue weighted by atomic mass is 16.2. The first-order valence-corrected chi connectivity index (χ1v) is 14.7. The third-order valence-corrected chi connectivity index (χ3v) is 6.71. The highest BCUT2D eigenvalue weighted by molar-refractivity contribution is 5.91. The van der Waals surface area contributed by atoms with Crippen molar-refractivity contribution in [2.45, 2.75) is 147 Å². The zero-order valence-corrected chi connectivity index (χ0v) is 23.2. The van der Waals surface area contributed by atoms with E-state index in [0.717, 1.165) is 38.5 Å². The Bertz CT molecular complexity index is 559. The van der Waals surface area contributed by atoms with Crippen molar-refractivity contribution in [1.29, 1.82) is 0 Å². The molecule has 0 heterocycles. The normalized spacial score (nSPS) is 12.8. The van der Waals surface area contributed by atoms with Crippen molar-refractivity contribution in [3.8, 4) is 0 Å². The zero-order valence-electron chi connectivity index (χ0n) is 23.2. The average Bonchev–Trinajstić information content (AvgIpc) is 2.85. The number of nitrogens with two attached hydrogens (primary N) is 3. The van der Waals surface area contributed by atoms with Crippen LogP contribution in [0.4, 0.5) is 0 Å². The number of primary amides is 1. The number of amides is 3. The topological polar surface area (TPSA) is 153 Å². The predicted octanol–water partition coefficient (Wildman–Crippen LogP) is 4.18. The summed E-state index contributed by atoms with van der Waals surface area (Å²) in [5.41, 5.74) is 16.6. The fourth-order valence-corrected chi connectivity index (χ4v) is 4.38. The average molecular weight is 512 g/mol. The molecule has 2 unspecified atom stereocenters. The molecular formula is C28H57N5O3. The fourth-order valence-electron chi connectivity index (χ4n) is 4.38. The second-order valence-electron chi connectivity index (χ2n) is 10.1. The first kappa shape index (κ1) is 34.3. The summed E-state index contributed by atoms with van der Waals surface area (Å²) in [6, 6.07) is -1.43. The maximum atomic E-state index is 12.8. The van der Waals surface area contributed by atoms with Crippen molar-refractivity contribution in [3.05, 3.63) is 0 Å². The second kappa shape index (κ2) is 25.0. The van der Waals surface area contributed by atoms with Gasteiger partial charge in [-0.15, -0.1) is 0 Å². The first-order valence-electron chi connectivity index (χ1n) is 14.7. The fraction of sp³-hybridized carbons (Fsp3) is 0.893. The number of unbranched alkanes of at least 4 members (excludes halogenated alkanes) is 14. The summed E-state index contributed by atoms with van der Waals surface area (Å²) < 4.78 is 0. The Balaban J connectivity index is 4.20. The van der Waals surface area contributed by atoms with Gasteiger partial charge in [-0.3, -0.25) is 14.4 Å². The van der Waals surface area contributed by atoms with Crippen LogP contribution in [-0.2, 0) is 14.4 Å². The molecule has 0 saturated carbocycles. The van der Waals surface area contributed by atoms with E-state index in [1.807, 2.05) is 0 Å². The minimum Gasteiger partial charge on any atom is -0.368 e. The van der Waals surface area contributed by atoms with Crippen molar-refractivity contribution in [2.24, 2.45) is 17.2 Å². The van der Waals surface area contributed by atoms with Crippen molar-refractivity contribution < 1.29 is 14.4 Å². The molecule has 0 spiro atoms. The van der Waals surface area contributed by atoms with E-state index in [-0.39, 0.29) is 11.8 Å². The van der Waals surface area contributed by atoms with Crippen LogP contribution in [0.2, 0.25) is 0 Å². The molecular weight excluding hydrogens is 454 g/mol. The molecule has 0 saturated heterocycles. The van der Waals surface area contributed by atoms with Crippen LogP contribution in [-0.4, -0.2) is 42.9 Å². The van der Waals surface area contributed by atoms with E-state index in [9.17, 15) is 14.4 Å². The molecule has 0 fully saturated rings. The molecule has 0 rings (SSSR count). The number of hydrogen-bond donors (Lipinski definition) is 5. The van der Waals surface area contributed by atoms with Crippen LogP contribution in [0.15, 0.2) is 0 Å². The van der Waals surface area contributed by atoms with E-state index in [1.165, 1.54) is 64.2 Å². The molecule has 0 aliphatic carbocycles. The van der Waals surface area contributed by atoms with Gasteiger partial charge in [0.05, 0.1) is 0 Å². The second-order valence-corrected chi connectivity index (χ2v) is 10.1. The summed E-state index contributed by atoms with van der Waals surface area (Å²) in [6.07, 6.45) is 20.6. The Morgan fingerprint density at radius 1 is 0.583 bits per heavy atom. The highest BCUT2D eigenvalue weighted by Gasteiger charge is 2.25. The van der Waals surface area contributed by atoms with Crippen LogP contribution < -0.4 is 27.8 Å². The minimum absolute atomic E-state index is 0.121. The van der Waals surface area contributed by atoms with Crippen LogP contribution in [0, 0.1) is 0 Å². The number of hydrogen-bond acceptors (Lipinski definition) is 5. The van der Waals surface area contributed by atoms with Gasteiger partial charge in [-0.2, -0.15) is 0 Å². The largest absolute Gasteiger partial charge is 0.368 e. The molecule has 0 aliphatic heterocycles. The Kier molecular flexibility index (Phi) is 23.8. The summed E-state index contributed by atoms with van der Waals surface area (Å²) in [7, 11) is 0. The van der Waals surface area contributed by atoms with Gasteiger partial charge in [0, 0.05) is 6.42 Å². The van der Waals surface area contributed by atoms with Crippen molar-refractivity contribution in [3.63, 3.8) is 0 Å². The summed E-state index contributed by atoms with van der Waals surface area (Å²) in [5.74, 6) is -1.05. The van der Waals surface area contributed by atoms with Gasteiger partial charge in [0.1, 0.15) is 12.1 Å². The molecule has 0 radical (unpaired) electrons. The van der Waals surface area contributed by atoms with Crippen LogP contribution in [0.25, 0.3) is 0 Å². The molecule has 0 aliphatic rings. The van der Waals surface area contributed by atoms with Crippen LogP contribution in [0.1, 0.15) is 135 Å². The highest BCUT2D eigenvalue weighted by Crippen LogP contribution is 2.13. The smallest absolute Gasteiger partial charge is 0.243 e. The zero-order chi connectivity index (χ0) is 26.9. The third-order valence-electron chi connectivity index (χ3n) is 6.71.